The van der Waals surface area contributed by atoms with Gasteiger partial charge in [-0.1, -0.05) is 17.1 Å². The van der Waals surface area contributed by atoms with Crippen molar-refractivity contribution in [2.24, 2.45) is 0 Å². The molecule has 0 radical (unpaired) electrons. The van der Waals surface area contributed by atoms with Gasteiger partial charge in [0.25, 0.3) is 0 Å². The zero-order valence-electron chi connectivity index (χ0n) is 13.9. The number of ether oxygens (including phenoxy) is 2. The third-order valence-corrected chi connectivity index (χ3v) is 3.58. The molecule has 3 aromatic rings. The van der Waals surface area contributed by atoms with Crippen LogP contribution < -0.4 is 14.8 Å². The van der Waals surface area contributed by atoms with Crippen LogP contribution >= 0.6 is 0 Å². The van der Waals surface area contributed by atoms with Crippen LogP contribution in [0.3, 0.4) is 0 Å². The van der Waals surface area contributed by atoms with Crippen LogP contribution in [0, 0.1) is 12.3 Å². The summed E-state index contributed by atoms with van der Waals surface area (Å²) in [5.41, 5.74) is 2.48. The molecular weight excluding hydrogens is 318 g/mol. The van der Waals surface area contributed by atoms with E-state index in [4.69, 9.17) is 20.4 Å². The largest absolute Gasteiger partial charge is 0.493 e. The summed E-state index contributed by atoms with van der Waals surface area (Å²) in [6, 6.07) is 13.0. The van der Waals surface area contributed by atoms with Crippen LogP contribution in [0.1, 0.15) is 11.5 Å². The molecule has 0 saturated carbocycles. The molecule has 6 nitrogen and oxygen atoms in total. The van der Waals surface area contributed by atoms with Crippen LogP contribution in [0.15, 0.2) is 47.0 Å². The van der Waals surface area contributed by atoms with E-state index in [-0.39, 0.29) is 0 Å². The average Bonchev–Trinajstić information content (AvgIpc) is 3.15. The fourth-order valence-electron chi connectivity index (χ4n) is 2.32. The van der Waals surface area contributed by atoms with Crippen molar-refractivity contribution in [2.45, 2.75) is 6.54 Å². The molecular formula is C19H17N3O3. The van der Waals surface area contributed by atoms with E-state index in [1.807, 2.05) is 30.3 Å². The van der Waals surface area contributed by atoms with Crippen molar-refractivity contribution < 1.29 is 14.0 Å². The third-order valence-electron chi connectivity index (χ3n) is 3.58. The summed E-state index contributed by atoms with van der Waals surface area (Å²) in [7, 11) is 3.17. The van der Waals surface area contributed by atoms with Crippen LogP contribution in [0.25, 0.3) is 11.4 Å². The van der Waals surface area contributed by atoms with Gasteiger partial charge in [0.2, 0.25) is 11.7 Å². The summed E-state index contributed by atoms with van der Waals surface area (Å²) in [5, 5.41) is 7.21. The van der Waals surface area contributed by atoms with E-state index in [9.17, 15) is 0 Å². The van der Waals surface area contributed by atoms with Crippen LogP contribution in [0.4, 0.5) is 5.69 Å². The topological polar surface area (TPSA) is 69.4 Å². The van der Waals surface area contributed by atoms with E-state index in [0.29, 0.717) is 29.8 Å². The summed E-state index contributed by atoms with van der Waals surface area (Å²) in [5.74, 6) is 4.80. The van der Waals surface area contributed by atoms with Crippen molar-refractivity contribution >= 4 is 5.69 Å². The van der Waals surface area contributed by atoms with Gasteiger partial charge in [-0.2, -0.15) is 4.98 Å². The fourth-order valence-corrected chi connectivity index (χ4v) is 2.32. The number of nitrogens with zero attached hydrogens (tertiary/aromatic N) is 2. The van der Waals surface area contributed by atoms with Gasteiger partial charge >= 0.3 is 0 Å². The highest BCUT2D eigenvalue weighted by Crippen LogP contribution is 2.31. The van der Waals surface area contributed by atoms with Gasteiger partial charge in [-0.25, -0.2) is 0 Å². The molecule has 1 N–H and O–H groups in total. The van der Waals surface area contributed by atoms with E-state index < -0.39 is 0 Å². The molecule has 6 heteroatoms. The molecule has 1 heterocycles. The first-order valence-corrected chi connectivity index (χ1v) is 7.59. The molecule has 1 aromatic heterocycles. The van der Waals surface area contributed by atoms with Crippen molar-refractivity contribution in [2.75, 3.05) is 19.5 Å². The molecule has 0 unspecified atom stereocenters. The van der Waals surface area contributed by atoms with Crippen molar-refractivity contribution in [3.63, 3.8) is 0 Å². The molecule has 0 saturated heterocycles. The van der Waals surface area contributed by atoms with Crippen molar-refractivity contribution in [3.8, 4) is 35.2 Å². The van der Waals surface area contributed by atoms with Crippen LogP contribution in [0.2, 0.25) is 0 Å². The maximum absolute atomic E-state index is 5.40. The molecule has 0 amide bonds. The second kappa shape index (κ2) is 7.41. The standard InChI is InChI=1S/C19H17N3O3/c1-4-13-6-5-7-15(10-13)20-12-18-21-19(22-25-18)14-8-9-16(23-2)17(11-14)24-3/h1,5-11,20H,12H2,2-3H3. The number of nitrogens with one attached hydrogen (secondary N) is 1. The minimum Gasteiger partial charge on any atom is -0.493 e. The lowest BCUT2D eigenvalue weighted by molar-refractivity contribution is 0.355. The minimum absolute atomic E-state index is 0.397. The van der Waals surface area contributed by atoms with E-state index in [1.165, 1.54) is 0 Å². The lowest BCUT2D eigenvalue weighted by Crippen LogP contribution is -1.99. The van der Waals surface area contributed by atoms with Gasteiger partial charge in [-0.3, -0.25) is 0 Å². The predicted octanol–water partition coefficient (Wildman–Crippen LogP) is 3.35. The number of hydrogen-bond donors (Lipinski definition) is 1. The van der Waals surface area contributed by atoms with Crippen molar-refractivity contribution in [3.05, 3.63) is 53.9 Å². The van der Waals surface area contributed by atoms with Crippen LogP contribution in [-0.2, 0) is 6.54 Å². The highest BCUT2D eigenvalue weighted by molar-refractivity contribution is 5.60. The second-order valence-corrected chi connectivity index (χ2v) is 5.16. The lowest BCUT2D eigenvalue weighted by atomic mass is 10.2. The molecule has 0 fully saturated rings. The first kappa shape index (κ1) is 16.4. The van der Waals surface area contributed by atoms with Gasteiger partial charge in [-0.15, -0.1) is 6.42 Å². The van der Waals surface area contributed by atoms with Gasteiger partial charge in [0.15, 0.2) is 11.5 Å². The Morgan fingerprint density at radius 3 is 2.72 bits per heavy atom. The first-order chi connectivity index (χ1) is 12.2. The van der Waals surface area contributed by atoms with Crippen molar-refractivity contribution in [1.29, 1.82) is 0 Å². The van der Waals surface area contributed by atoms with Gasteiger partial charge in [0, 0.05) is 16.8 Å². The molecule has 0 bridgehead atoms. The van der Waals surface area contributed by atoms with Crippen molar-refractivity contribution in [1.82, 2.24) is 10.1 Å². The summed E-state index contributed by atoms with van der Waals surface area (Å²) in [6.07, 6.45) is 5.40. The zero-order valence-corrected chi connectivity index (χ0v) is 13.9. The Labute approximate surface area is 145 Å². The normalized spacial score (nSPS) is 10.1. The zero-order chi connectivity index (χ0) is 17.6. The molecule has 126 valence electrons. The minimum atomic E-state index is 0.397. The Bertz CT molecular complexity index is 912. The summed E-state index contributed by atoms with van der Waals surface area (Å²) < 4.78 is 15.8. The number of anilines is 1. The Balaban J connectivity index is 1.73. The maximum atomic E-state index is 5.40. The number of aromatic nitrogens is 2. The molecule has 0 aliphatic heterocycles. The molecule has 0 spiro atoms. The summed E-state index contributed by atoms with van der Waals surface area (Å²) in [4.78, 5) is 4.39. The maximum Gasteiger partial charge on any atom is 0.246 e. The van der Waals surface area contributed by atoms with Gasteiger partial charge < -0.3 is 19.3 Å². The Morgan fingerprint density at radius 1 is 1.12 bits per heavy atom. The second-order valence-electron chi connectivity index (χ2n) is 5.16. The summed E-state index contributed by atoms with van der Waals surface area (Å²) in [6.45, 7) is 0.397. The smallest absolute Gasteiger partial charge is 0.246 e. The van der Waals surface area contributed by atoms with Crippen LogP contribution in [0.5, 0.6) is 11.5 Å². The van der Waals surface area contributed by atoms with E-state index in [1.54, 1.807) is 26.4 Å². The monoisotopic (exact) mass is 335 g/mol. The predicted molar refractivity (Wildman–Crippen MR) is 94.5 cm³/mol. The lowest BCUT2D eigenvalue weighted by Gasteiger charge is -2.07. The highest BCUT2D eigenvalue weighted by Gasteiger charge is 2.12. The third kappa shape index (κ3) is 3.72. The summed E-state index contributed by atoms with van der Waals surface area (Å²) >= 11 is 0. The molecule has 25 heavy (non-hydrogen) atoms. The number of benzene rings is 2. The molecule has 0 atom stereocenters. The van der Waals surface area contributed by atoms with E-state index >= 15 is 0 Å². The first-order valence-electron chi connectivity index (χ1n) is 7.59. The highest BCUT2D eigenvalue weighted by atomic mass is 16.5. The molecule has 0 aliphatic carbocycles. The SMILES string of the molecule is C#Cc1cccc(NCc2nc(-c3ccc(OC)c(OC)c3)no2)c1. The Hall–Kier alpha value is -3.46. The van der Waals surface area contributed by atoms with E-state index in [0.717, 1.165) is 16.8 Å². The molecule has 3 rings (SSSR count). The number of terminal acetylenes is 1. The number of hydrogen-bond acceptors (Lipinski definition) is 6. The van der Waals surface area contributed by atoms with E-state index in [2.05, 4.69) is 21.4 Å². The van der Waals surface area contributed by atoms with Gasteiger partial charge in [0.05, 0.1) is 20.8 Å². The molecule has 0 aliphatic rings. The van der Waals surface area contributed by atoms with Gasteiger partial charge in [0.1, 0.15) is 0 Å². The number of rotatable bonds is 6. The average molecular weight is 335 g/mol. The van der Waals surface area contributed by atoms with Crippen LogP contribution in [-0.4, -0.2) is 24.4 Å². The number of methoxy groups -OCH3 is 2. The molecule has 2 aromatic carbocycles. The van der Waals surface area contributed by atoms with Gasteiger partial charge in [-0.05, 0) is 36.4 Å². The quantitative estimate of drug-likeness (QED) is 0.697. The Kier molecular flexibility index (Phi) is 4.86. The Morgan fingerprint density at radius 2 is 1.96 bits per heavy atom. The fraction of sp³-hybridized carbons (Fsp3) is 0.158.